The maximum atomic E-state index is 12.8. The first-order chi connectivity index (χ1) is 11.8. The highest BCUT2D eigenvalue weighted by molar-refractivity contribution is 6.09. The molecule has 0 atom stereocenters. The fourth-order valence-corrected chi connectivity index (χ4v) is 2.81. The van der Waals surface area contributed by atoms with Gasteiger partial charge in [0, 0.05) is 30.1 Å². The van der Waals surface area contributed by atoms with E-state index in [0.717, 1.165) is 12.1 Å². The normalized spacial score (nSPS) is 11.5. The van der Waals surface area contributed by atoms with Gasteiger partial charge in [-0.2, -0.15) is 0 Å². The van der Waals surface area contributed by atoms with E-state index in [1.165, 1.54) is 11.6 Å². The van der Waals surface area contributed by atoms with Gasteiger partial charge in [0.2, 0.25) is 0 Å². The number of aromatic hydroxyl groups is 1. The average molecular weight is 333 g/mol. The summed E-state index contributed by atoms with van der Waals surface area (Å²) in [4.78, 5) is 12.8. The van der Waals surface area contributed by atoms with E-state index in [4.69, 9.17) is 0 Å². The van der Waals surface area contributed by atoms with Crippen molar-refractivity contribution in [2.45, 2.75) is 32.7 Å². The van der Waals surface area contributed by atoms with E-state index in [0.29, 0.717) is 11.1 Å². The third-order valence-corrected chi connectivity index (χ3v) is 4.27. The molecule has 0 saturated carbocycles. The number of phenolic OH excluding ortho intramolecular Hbond substituents is 1. The van der Waals surface area contributed by atoms with E-state index >= 15 is 0 Å². The molecule has 0 fully saturated rings. The minimum absolute atomic E-state index is 0.0757. The molecule has 0 saturated heterocycles. The number of nitrogens with zero attached hydrogens (tertiary/aromatic N) is 1. The van der Waals surface area contributed by atoms with Crippen LogP contribution in [-0.4, -0.2) is 15.5 Å². The van der Waals surface area contributed by atoms with Gasteiger partial charge in [0.1, 0.15) is 5.75 Å². The van der Waals surface area contributed by atoms with Gasteiger partial charge in [-0.05, 0) is 40.8 Å². The van der Waals surface area contributed by atoms with Crippen LogP contribution in [0.3, 0.4) is 0 Å². The largest absolute Gasteiger partial charge is 0.508 e. The minimum atomic E-state index is -0.132. The molecule has 0 amide bonds. The van der Waals surface area contributed by atoms with Gasteiger partial charge in [-0.1, -0.05) is 51.1 Å². The van der Waals surface area contributed by atoms with Crippen molar-refractivity contribution in [2.24, 2.45) is 0 Å². The highest BCUT2D eigenvalue weighted by Crippen LogP contribution is 2.28. The Labute approximate surface area is 148 Å². The fourth-order valence-electron chi connectivity index (χ4n) is 2.81. The number of aromatic nitrogens is 1. The van der Waals surface area contributed by atoms with Crippen molar-refractivity contribution < 1.29 is 9.90 Å². The van der Waals surface area contributed by atoms with Crippen LogP contribution < -0.4 is 0 Å². The Kier molecular flexibility index (Phi) is 4.49. The van der Waals surface area contributed by atoms with Crippen LogP contribution in [0.15, 0.2) is 67.0 Å². The van der Waals surface area contributed by atoms with E-state index in [-0.39, 0.29) is 16.9 Å². The smallest absolute Gasteiger partial charge is 0.194 e. The van der Waals surface area contributed by atoms with Crippen molar-refractivity contribution in [1.82, 2.24) is 4.57 Å². The lowest BCUT2D eigenvalue weighted by Crippen LogP contribution is -2.12. The Morgan fingerprint density at radius 2 is 1.72 bits per heavy atom. The summed E-state index contributed by atoms with van der Waals surface area (Å²) in [5, 5.41) is 10.00. The molecule has 1 N–H and O–H groups in total. The van der Waals surface area contributed by atoms with Gasteiger partial charge in [-0.3, -0.25) is 4.79 Å². The summed E-state index contributed by atoms with van der Waals surface area (Å²) < 4.78 is 2.00. The van der Waals surface area contributed by atoms with Crippen LogP contribution in [0.4, 0.5) is 0 Å². The first-order valence-corrected chi connectivity index (χ1v) is 8.42. The summed E-state index contributed by atoms with van der Waals surface area (Å²) in [5.41, 5.74) is 3.14. The quantitative estimate of drug-likeness (QED) is 0.699. The lowest BCUT2D eigenvalue weighted by atomic mass is 9.85. The molecule has 0 aliphatic heterocycles. The molecule has 128 valence electrons. The summed E-state index contributed by atoms with van der Waals surface area (Å²) in [6.07, 6.45) is 3.77. The van der Waals surface area contributed by atoms with Crippen LogP contribution in [0.25, 0.3) is 0 Å². The molecule has 0 radical (unpaired) electrons. The Morgan fingerprint density at radius 1 is 1.00 bits per heavy atom. The van der Waals surface area contributed by atoms with Crippen LogP contribution in [0, 0.1) is 0 Å². The highest BCUT2D eigenvalue weighted by atomic mass is 16.3. The first-order valence-electron chi connectivity index (χ1n) is 8.42. The van der Waals surface area contributed by atoms with Gasteiger partial charge in [-0.25, -0.2) is 0 Å². The molecule has 2 aromatic carbocycles. The molecule has 0 unspecified atom stereocenters. The third-order valence-electron chi connectivity index (χ3n) is 4.27. The van der Waals surface area contributed by atoms with Gasteiger partial charge in [-0.15, -0.1) is 0 Å². The van der Waals surface area contributed by atoms with Crippen molar-refractivity contribution in [2.75, 3.05) is 0 Å². The van der Waals surface area contributed by atoms with E-state index < -0.39 is 0 Å². The maximum Gasteiger partial charge on any atom is 0.194 e. The number of hydrogen-bond donors (Lipinski definition) is 1. The summed E-state index contributed by atoms with van der Waals surface area (Å²) in [6.45, 7) is 6.91. The van der Waals surface area contributed by atoms with Crippen molar-refractivity contribution >= 4 is 5.78 Å². The zero-order chi connectivity index (χ0) is 18.0. The Balaban J connectivity index is 1.86. The molecule has 0 spiro atoms. The molecule has 1 aromatic heterocycles. The molecule has 0 bridgehead atoms. The van der Waals surface area contributed by atoms with Crippen LogP contribution in [0.5, 0.6) is 5.75 Å². The number of hydrogen-bond acceptors (Lipinski definition) is 2. The molecule has 1 heterocycles. The van der Waals surface area contributed by atoms with Crippen LogP contribution >= 0.6 is 0 Å². The van der Waals surface area contributed by atoms with Crippen molar-refractivity contribution in [3.63, 3.8) is 0 Å². The number of ketones is 1. The van der Waals surface area contributed by atoms with Crippen molar-refractivity contribution in [3.8, 4) is 5.75 Å². The van der Waals surface area contributed by atoms with E-state index in [1.54, 1.807) is 6.07 Å². The molecule has 3 nitrogen and oxygen atoms in total. The van der Waals surface area contributed by atoms with Gasteiger partial charge in [0.15, 0.2) is 5.78 Å². The summed E-state index contributed by atoms with van der Waals surface area (Å²) in [7, 11) is 0. The highest BCUT2D eigenvalue weighted by Gasteiger charge is 2.18. The Hall–Kier alpha value is -2.81. The Bertz CT molecular complexity index is 886. The Morgan fingerprint density at radius 3 is 2.40 bits per heavy atom. The van der Waals surface area contributed by atoms with E-state index in [9.17, 15) is 9.90 Å². The number of phenols is 1. The van der Waals surface area contributed by atoms with Crippen LogP contribution in [-0.2, 0) is 12.0 Å². The number of carbonyl (C=O) groups excluding carboxylic acids is 1. The summed E-state index contributed by atoms with van der Waals surface area (Å²) >= 11 is 0. The van der Waals surface area contributed by atoms with Gasteiger partial charge < -0.3 is 9.67 Å². The second-order valence-corrected chi connectivity index (χ2v) is 7.41. The lowest BCUT2D eigenvalue weighted by molar-refractivity contribution is 0.103. The summed E-state index contributed by atoms with van der Waals surface area (Å²) in [6, 6.07) is 17.1. The fraction of sp³-hybridized carbons (Fsp3) is 0.227. The van der Waals surface area contributed by atoms with Crippen LogP contribution in [0.1, 0.15) is 47.8 Å². The predicted octanol–water partition coefficient (Wildman–Crippen LogP) is 4.77. The predicted molar refractivity (Wildman–Crippen MR) is 100 cm³/mol. The standard InChI is InChI=1S/C22H23NO2/c1-22(2,3)19-11-18(12-20(24)13-19)21(25)17-9-10-23(15-17)14-16-7-5-4-6-8-16/h4-13,15,24H,14H2,1-3H3. The van der Waals surface area contributed by atoms with Crippen molar-refractivity contribution in [1.29, 1.82) is 0 Å². The van der Waals surface area contributed by atoms with Gasteiger partial charge in [0.05, 0.1) is 0 Å². The second-order valence-electron chi connectivity index (χ2n) is 7.41. The molecular formula is C22H23NO2. The van der Waals surface area contributed by atoms with E-state index in [2.05, 4.69) is 32.9 Å². The van der Waals surface area contributed by atoms with Crippen LogP contribution in [0.2, 0.25) is 0 Å². The molecule has 3 rings (SSSR count). The van der Waals surface area contributed by atoms with E-state index in [1.807, 2.05) is 47.3 Å². The molecule has 0 aliphatic rings. The second kappa shape index (κ2) is 6.60. The summed E-state index contributed by atoms with van der Waals surface area (Å²) in [5.74, 6) is 0.0488. The zero-order valence-electron chi connectivity index (χ0n) is 14.9. The molecule has 3 heteroatoms. The average Bonchev–Trinajstić information content (AvgIpc) is 3.02. The number of carbonyl (C=O) groups is 1. The SMILES string of the molecule is CC(C)(C)c1cc(O)cc(C(=O)c2ccn(Cc3ccccc3)c2)c1. The third kappa shape index (κ3) is 4.00. The molecule has 25 heavy (non-hydrogen) atoms. The minimum Gasteiger partial charge on any atom is -0.508 e. The maximum absolute atomic E-state index is 12.8. The molecular weight excluding hydrogens is 310 g/mol. The first kappa shape index (κ1) is 17.0. The molecule has 3 aromatic rings. The van der Waals surface area contributed by atoms with Gasteiger partial charge >= 0.3 is 0 Å². The monoisotopic (exact) mass is 333 g/mol. The number of rotatable bonds is 4. The lowest BCUT2D eigenvalue weighted by Gasteiger charge is -2.20. The van der Waals surface area contributed by atoms with Gasteiger partial charge in [0.25, 0.3) is 0 Å². The topological polar surface area (TPSA) is 42.2 Å². The molecule has 0 aliphatic carbocycles. The van der Waals surface area contributed by atoms with Crippen molar-refractivity contribution in [3.05, 3.63) is 89.2 Å². The number of benzene rings is 2. The zero-order valence-corrected chi connectivity index (χ0v) is 14.9.